The lowest BCUT2D eigenvalue weighted by molar-refractivity contribution is 0.0601. The van der Waals surface area contributed by atoms with Crippen LogP contribution in [0.3, 0.4) is 0 Å². The van der Waals surface area contributed by atoms with Crippen molar-refractivity contribution in [2.75, 3.05) is 7.11 Å². The summed E-state index contributed by atoms with van der Waals surface area (Å²) in [6.45, 7) is 3.77. The van der Waals surface area contributed by atoms with E-state index < -0.39 is 0 Å². The van der Waals surface area contributed by atoms with Crippen molar-refractivity contribution in [2.24, 2.45) is 0 Å². The molecule has 0 saturated carbocycles. The average Bonchev–Trinajstić information content (AvgIpc) is 3.42. The summed E-state index contributed by atoms with van der Waals surface area (Å²) in [5.74, 6) is 0.534. The van der Waals surface area contributed by atoms with Gasteiger partial charge in [-0.2, -0.15) is 5.10 Å². The summed E-state index contributed by atoms with van der Waals surface area (Å²) in [6.07, 6.45) is 4.21. The molecule has 2 heterocycles. The van der Waals surface area contributed by atoms with E-state index >= 15 is 0 Å². The van der Waals surface area contributed by atoms with E-state index in [1.54, 1.807) is 12.1 Å². The van der Waals surface area contributed by atoms with Gasteiger partial charge in [-0.25, -0.2) is 9.78 Å². The number of benzene rings is 3. The molecule has 0 aliphatic rings. The van der Waals surface area contributed by atoms with Gasteiger partial charge in [-0.3, -0.25) is 4.68 Å². The highest BCUT2D eigenvalue weighted by Crippen LogP contribution is 2.28. The summed E-state index contributed by atoms with van der Waals surface area (Å²) in [5, 5.41) is 5.90. The van der Waals surface area contributed by atoms with Crippen LogP contribution in [0.5, 0.6) is 0 Å². The van der Waals surface area contributed by atoms with E-state index in [9.17, 15) is 4.79 Å². The molecule has 0 N–H and O–H groups in total. The lowest BCUT2D eigenvalue weighted by Crippen LogP contribution is -2.02. The highest BCUT2D eigenvalue weighted by atomic mass is 16.5. The molecule has 0 saturated heterocycles. The van der Waals surface area contributed by atoms with Crippen LogP contribution in [0.1, 0.15) is 35.7 Å². The largest absolute Gasteiger partial charge is 0.465 e. The first kappa shape index (κ1) is 20.9. The molecule has 5 rings (SSSR count). The van der Waals surface area contributed by atoms with Crippen LogP contribution in [0.2, 0.25) is 0 Å². The molecule has 0 bridgehead atoms. The van der Waals surface area contributed by atoms with Gasteiger partial charge in [-0.15, -0.1) is 0 Å². The SMILES string of the molecule is CCCCn1c(-c2ccc3cn(Cc4ccccc4)nc3c2)nc2cc(C(=O)OC)ccc21. The van der Waals surface area contributed by atoms with Gasteiger partial charge in [0, 0.05) is 23.7 Å². The summed E-state index contributed by atoms with van der Waals surface area (Å²) in [6, 6.07) is 22.2. The van der Waals surface area contributed by atoms with Crippen molar-refractivity contribution in [1.82, 2.24) is 19.3 Å². The highest BCUT2D eigenvalue weighted by molar-refractivity contribution is 5.94. The van der Waals surface area contributed by atoms with Gasteiger partial charge in [-0.05, 0) is 36.2 Å². The van der Waals surface area contributed by atoms with Crippen molar-refractivity contribution < 1.29 is 9.53 Å². The zero-order valence-corrected chi connectivity index (χ0v) is 18.9. The third kappa shape index (κ3) is 4.12. The Morgan fingerprint density at radius 1 is 1.00 bits per heavy atom. The molecule has 3 aromatic carbocycles. The molecule has 0 aliphatic heterocycles. The monoisotopic (exact) mass is 438 g/mol. The molecule has 0 amide bonds. The number of aromatic nitrogens is 4. The minimum absolute atomic E-state index is 0.355. The summed E-state index contributed by atoms with van der Waals surface area (Å²) in [7, 11) is 1.39. The van der Waals surface area contributed by atoms with Crippen molar-refractivity contribution in [3.05, 3.63) is 84.1 Å². The van der Waals surface area contributed by atoms with Crippen LogP contribution >= 0.6 is 0 Å². The minimum atomic E-state index is -0.355. The maximum atomic E-state index is 12.0. The molecule has 0 radical (unpaired) electrons. The van der Waals surface area contributed by atoms with E-state index in [0.29, 0.717) is 5.56 Å². The maximum Gasteiger partial charge on any atom is 0.337 e. The number of ether oxygens (including phenoxy) is 1. The number of nitrogens with zero attached hydrogens (tertiary/aromatic N) is 4. The topological polar surface area (TPSA) is 61.9 Å². The van der Waals surface area contributed by atoms with Crippen LogP contribution < -0.4 is 0 Å². The van der Waals surface area contributed by atoms with Gasteiger partial charge in [-0.1, -0.05) is 55.8 Å². The van der Waals surface area contributed by atoms with Crippen molar-refractivity contribution in [2.45, 2.75) is 32.9 Å². The zero-order chi connectivity index (χ0) is 22.8. The van der Waals surface area contributed by atoms with E-state index in [-0.39, 0.29) is 5.97 Å². The predicted octanol–water partition coefficient (Wildman–Crippen LogP) is 5.69. The standard InChI is InChI=1S/C27H26N4O2/c1-3-4-14-31-25-13-12-21(27(32)33-2)16-24(25)28-26(31)20-10-11-22-18-30(29-23(22)15-20)17-19-8-6-5-7-9-19/h5-13,15-16,18H,3-4,14,17H2,1-2H3. The Kier molecular flexibility index (Phi) is 5.65. The number of carbonyl (C=O) groups excluding carboxylic acids is 1. The highest BCUT2D eigenvalue weighted by Gasteiger charge is 2.16. The molecule has 2 aromatic heterocycles. The second-order valence-corrected chi connectivity index (χ2v) is 8.22. The molecule has 166 valence electrons. The Labute approximate surface area is 192 Å². The quantitative estimate of drug-likeness (QED) is 0.306. The Hall–Kier alpha value is -3.93. The Morgan fingerprint density at radius 3 is 2.64 bits per heavy atom. The lowest BCUT2D eigenvalue weighted by atomic mass is 10.1. The van der Waals surface area contributed by atoms with Gasteiger partial charge < -0.3 is 9.30 Å². The molecule has 5 aromatic rings. The lowest BCUT2D eigenvalue weighted by Gasteiger charge is -2.09. The van der Waals surface area contributed by atoms with Crippen LogP contribution in [0.4, 0.5) is 0 Å². The first-order chi connectivity index (χ1) is 16.2. The number of unbranched alkanes of at least 4 members (excludes halogenated alkanes) is 1. The molecule has 0 atom stereocenters. The fraction of sp³-hybridized carbons (Fsp3) is 0.222. The van der Waals surface area contributed by atoms with Crippen LogP contribution in [0, 0.1) is 0 Å². The third-order valence-corrected chi connectivity index (χ3v) is 5.90. The number of fused-ring (bicyclic) bond motifs is 2. The molecular formula is C27H26N4O2. The zero-order valence-electron chi connectivity index (χ0n) is 18.9. The Balaban J connectivity index is 1.56. The first-order valence-corrected chi connectivity index (χ1v) is 11.3. The molecule has 0 aliphatic carbocycles. The van der Waals surface area contributed by atoms with Crippen molar-refractivity contribution in [3.8, 4) is 11.4 Å². The Morgan fingerprint density at radius 2 is 1.85 bits per heavy atom. The van der Waals surface area contributed by atoms with E-state index in [2.05, 4.69) is 48.0 Å². The van der Waals surface area contributed by atoms with Gasteiger partial charge in [0.2, 0.25) is 0 Å². The summed E-state index contributed by atoms with van der Waals surface area (Å²) < 4.78 is 9.10. The summed E-state index contributed by atoms with van der Waals surface area (Å²) in [5.41, 5.74) is 5.48. The van der Waals surface area contributed by atoms with Crippen molar-refractivity contribution in [1.29, 1.82) is 0 Å². The van der Waals surface area contributed by atoms with Crippen LogP contribution in [-0.2, 0) is 17.8 Å². The number of methoxy groups -OCH3 is 1. The molecule has 0 unspecified atom stereocenters. The number of hydrogen-bond acceptors (Lipinski definition) is 4. The van der Waals surface area contributed by atoms with Crippen molar-refractivity contribution in [3.63, 3.8) is 0 Å². The number of imidazole rings is 1. The smallest absolute Gasteiger partial charge is 0.337 e. The number of esters is 1. The minimum Gasteiger partial charge on any atom is -0.465 e. The van der Waals surface area contributed by atoms with Crippen LogP contribution in [0.15, 0.2) is 72.9 Å². The average molecular weight is 439 g/mol. The number of carbonyl (C=O) groups is 1. The van der Waals surface area contributed by atoms with Crippen molar-refractivity contribution >= 4 is 27.9 Å². The molecule has 6 heteroatoms. The number of aryl methyl sites for hydroxylation is 1. The van der Waals surface area contributed by atoms with Crippen LogP contribution in [0.25, 0.3) is 33.3 Å². The van der Waals surface area contributed by atoms with E-state index in [1.807, 2.05) is 28.9 Å². The van der Waals surface area contributed by atoms with E-state index in [0.717, 1.165) is 59.3 Å². The summed E-state index contributed by atoms with van der Waals surface area (Å²) in [4.78, 5) is 16.9. The van der Waals surface area contributed by atoms with E-state index in [1.165, 1.54) is 12.7 Å². The van der Waals surface area contributed by atoms with Crippen LogP contribution in [-0.4, -0.2) is 32.4 Å². The second-order valence-electron chi connectivity index (χ2n) is 8.22. The molecule has 0 fully saturated rings. The normalized spacial score (nSPS) is 11.3. The molecule has 0 spiro atoms. The first-order valence-electron chi connectivity index (χ1n) is 11.3. The second kappa shape index (κ2) is 8.90. The van der Waals surface area contributed by atoms with Gasteiger partial charge in [0.25, 0.3) is 0 Å². The van der Waals surface area contributed by atoms with Gasteiger partial charge >= 0.3 is 5.97 Å². The Bertz CT molecular complexity index is 1430. The number of hydrogen-bond donors (Lipinski definition) is 0. The summed E-state index contributed by atoms with van der Waals surface area (Å²) >= 11 is 0. The number of rotatable bonds is 7. The van der Waals surface area contributed by atoms with Gasteiger partial charge in [0.15, 0.2) is 0 Å². The van der Waals surface area contributed by atoms with E-state index in [4.69, 9.17) is 14.8 Å². The molecule has 6 nitrogen and oxygen atoms in total. The fourth-order valence-corrected chi connectivity index (χ4v) is 4.20. The maximum absolute atomic E-state index is 12.0. The molecular weight excluding hydrogens is 412 g/mol. The van der Waals surface area contributed by atoms with Gasteiger partial charge in [0.1, 0.15) is 5.82 Å². The third-order valence-electron chi connectivity index (χ3n) is 5.90. The molecule has 33 heavy (non-hydrogen) atoms. The van der Waals surface area contributed by atoms with Gasteiger partial charge in [0.05, 0.1) is 35.8 Å². The predicted molar refractivity (Wildman–Crippen MR) is 130 cm³/mol. The fourth-order valence-electron chi connectivity index (χ4n) is 4.20.